The molecular weight excluding hydrogens is 364 g/mol. The van der Waals surface area contributed by atoms with E-state index in [1.807, 2.05) is 73.7 Å². The molecule has 1 N–H and O–H groups in total. The molecule has 4 heteroatoms. The second-order valence-corrected chi connectivity index (χ2v) is 6.83. The molecule has 4 rings (SSSR count). The molecule has 4 aromatic carbocycles. The number of hydrogen-bond donors (Lipinski definition) is 1. The zero-order valence-electron chi connectivity index (χ0n) is 16.0. The first-order valence-electron chi connectivity index (χ1n) is 9.31. The van der Waals surface area contributed by atoms with Gasteiger partial charge in [0.2, 0.25) is 0 Å². The molecule has 0 saturated carbocycles. The summed E-state index contributed by atoms with van der Waals surface area (Å²) in [5.41, 5.74) is 2.15. The van der Waals surface area contributed by atoms with Crippen molar-refractivity contribution >= 4 is 16.7 Å². The molecular formula is C25H20O4. The average Bonchev–Trinajstić information content (AvgIpc) is 2.74. The average molecular weight is 384 g/mol. The van der Waals surface area contributed by atoms with Gasteiger partial charge in [0.25, 0.3) is 0 Å². The second kappa shape index (κ2) is 8.07. The van der Waals surface area contributed by atoms with Gasteiger partial charge in [-0.2, -0.15) is 0 Å². The Bertz CT molecular complexity index is 1170. The van der Waals surface area contributed by atoms with Crippen LogP contribution in [0.3, 0.4) is 0 Å². The van der Waals surface area contributed by atoms with E-state index in [1.165, 1.54) is 0 Å². The molecule has 0 saturated heterocycles. The van der Waals surface area contributed by atoms with Crippen LogP contribution in [0.2, 0.25) is 0 Å². The number of rotatable bonds is 6. The summed E-state index contributed by atoms with van der Waals surface area (Å²) in [6.45, 7) is 2.36. The van der Waals surface area contributed by atoms with Crippen LogP contribution < -0.4 is 9.47 Å². The predicted molar refractivity (Wildman–Crippen MR) is 113 cm³/mol. The lowest BCUT2D eigenvalue weighted by Crippen LogP contribution is -1.97. The normalized spacial score (nSPS) is 10.7. The molecule has 144 valence electrons. The van der Waals surface area contributed by atoms with E-state index in [4.69, 9.17) is 14.6 Å². The molecule has 0 radical (unpaired) electrons. The molecule has 0 aliphatic carbocycles. The van der Waals surface area contributed by atoms with Gasteiger partial charge in [0, 0.05) is 0 Å². The van der Waals surface area contributed by atoms with Crippen molar-refractivity contribution in [2.24, 2.45) is 0 Å². The lowest BCUT2D eigenvalue weighted by atomic mass is 10.1. The fourth-order valence-electron chi connectivity index (χ4n) is 3.12. The third kappa shape index (κ3) is 4.38. The third-order valence-corrected chi connectivity index (χ3v) is 4.68. The van der Waals surface area contributed by atoms with Crippen LogP contribution >= 0.6 is 0 Å². The van der Waals surface area contributed by atoms with Gasteiger partial charge in [-0.25, -0.2) is 4.79 Å². The van der Waals surface area contributed by atoms with Crippen LogP contribution in [0, 0.1) is 6.92 Å². The molecule has 0 unspecified atom stereocenters. The van der Waals surface area contributed by atoms with Crippen LogP contribution in [0.4, 0.5) is 0 Å². The Morgan fingerprint density at radius 3 is 2.21 bits per heavy atom. The topological polar surface area (TPSA) is 55.8 Å². The van der Waals surface area contributed by atoms with E-state index in [0.717, 1.165) is 27.6 Å². The molecule has 0 spiro atoms. The number of benzene rings is 4. The van der Waals surface area contributed by atoms with Crippen LogP contribution in [-0.2, 0) is 6.61 Å². The number of ether oxygens (including phenoxy) is 2. The molecule has 0 bridgehead atoms. The Morgan fingerprint density at radius 2 is 1.52 bits per heavy atom. The zero-order chi connectivity index (χ0) is 20.2. The second-order valence-electron chi connectivity index (χ2n) is 6.83. The fraction of sp³-hybridized carbons (Fsp3) is 0.0800. The van der Waals surface area contributed by atoms with Gasteiger partial charge in [-0.1, -0.05) is 42.5 Å². The van der Waals surface area contributed by atoms with Crippen molar-refractivity contribution in [3.05, 3.63) is 102 Å². The van der Waals surface area contributed by atoms with Gasteiger partial charge < -0.3 is 14.6 Å². The SMILES string of the molecule is Cc1cc(C(=O)O)ccc1Oc1ccc2cc(OCc3ccccc3)ccc2c1. The van der Waals surface area contributed by atoms with Crippen LogP contribution in [0.25, 0.3) is 10.8 Å². The number of carboxylic acids is 1. The quantitative estimate of drug-likeness (QED) is 0.429. The highest BCUT2D eigenvalue weighted by Gasteiger charge is 2.08. The molecule has 4 nitrogen and oxygen atoms in total. The third-order valence-electron chi connectivity index (χ3n) is 4.68. The van der Waals surface area contributed by atoms with Crippen molar-refractivity contribution < 1.29 is 19.4 Å². The predicted octanol–water partition coefficient (Wildman–Crippen LogP) is 6.22. The van der Waals surface area contributed by atoms with Gasteiger partial charge in [-0.15, -0.1) is 0 Å². The number of aromatic carboxylic acids is 1. The minimum atomic E-state index is -0.948. The molecule has 4 aromatic rings. The van der Waals surface area contributed by atoms with Crippen molar-refractivity contribution in [3.63, 3.8) is 0 Å². The van der Waals surface area contributed by atoms with Crippen molar-refractivity contribution in [1.29, 1.82) is 0 Å². The number of carbonyl (C=O) groups is 1. The Hall–Kier alpha value is -3.79. The standard InChI is InChI=1S/C25H20O4/c1-17-13-21(25(26)27)9-12-24(17)29-23-11-8-19-14-22(10-7-20(19)15-23)28-16-18-5-3-2-4-6-18/h2-15H,16H2,1H3,(H,26,27). The first-order valence-corrected chi connectivity index (χ1v) is 9.31. The van der Waals surface area contributed by atoms with E-state index < -0.39 is 5.97 Å². The van der Waals surface area contributed by atoms with Crippen LogP contribution in [0.15, 0.2) is 84.9 Å². The Labute approximate surface area is 169 Å². The van der Waals surface area contributed by atoms with E-state index in [-0.39, 0.29) is 5.56 Å². The summed E-state index contributed by atoms with van der Waals surface area (Å²) < 4.78 is 11.9. The molecule has 0 amide bonds. The van der Waals surface area contributed by atoms with E-state index in [2.05, 4.69) is 0 Å². The molecule has 0 atom stereocenters. The smallest absolute Gasteiger partial charge is 0.335 e. The van der Waals surface area contributed by atoms with Crippen molar-refractivity contribution in [2.75, 3.05) is 0 Å². The Balaban J connectivity index is 1.50. The number of carboxylic acid groups (broad SMARTS) is 1. The molecule has 0 heterocycles. The Kier molecular flexibility index (Phi) is 5.16. The molecule has 29 heavy (non-hydrogen) atoms. The zero-order valence-corrected chi connectivity index (χ0v) is 16.0. The number of fused-ring (bicyclic) bond motifs is 1. The van der Waals surface area contributed by atoms with Gasteiger partial charge in [-0.3, -0.25) is 0 Å². The maximum atomic E-state index is 11.1. The summed E-state index contributed by atoms with van der Waals surface area (Å²) in [6, 6.07) is 26.7. The summed E-state index contributed by atoms with van der Waals surface area (Å²) >= 11 is 0. The van der Waals surface area contributed by atoms with Crippen molar-refractivity contribution in [2.45, 2.75) is 13.5 Å². The summed E-state index contributed by atoms with van der Waals surface area (Å²) in [4.78, 5) is 11.1. The monoisotopic (exact) mass is 384 g/mol. The maximum absolute atomic E-state index is 11.1. The van der Waals surface area contributed by atoms with Gasteiger partial charge in [0.15, 0.2) is 0 Å². The summed E-state index contributed by atoms with van der Waals surface area (Å²) in [6.07, 6.45) is 0. The largest absolute Gasteiger partial charge is 0.489 e. The highest BCUT2D eigenvalue weighted by molar-refractivity contribution is 5.88. The molecule has 0 fully saturated rings. The van der Waals surface area contributed by atoms with E-state index in [9.17, 15) is 4.79 Å². The summed E-state index contributed by atoms with van der Waals surface area (Å²) in [5.74, 6) is 1.20. The van der Waals surface area contributed by atoms with Crippen molar-refractivity contribution in [1.82, 2.24) is 0 Å². The Morgan fingerprint density at radius 1 is 0.828 bits per heavy atom. The molecule has 0 aromatic heterocycles. The minimum Gasteiger partial charge on any atom is -0.489 e. The van der Waals surface area contributed by atoms with E-state index >= 15 is 0 Å². The van der Waals surface area contributed by atoms with Gasteiger partial charge in [0.05, 0.1) is 5.56 Å². The summed E-state index contributed by atoms with van der Waals surface area (Å²) in [5, 5.41) is 11.2. The maximum Gasteiger partial charge on any atom is 0.335 e. The first kappa shape index (κ1) is 18.6. The van der Waals surface area contributed by atoms with E-state index in [1.54, 1.807) is 18.2 Å². The fourth-order valence-corrected chi connectivity index (χ4v) is 3.12. The van der Waals surface area contributed by atoms with Gasteiger partial charge >= 0.3 is 5.97 Å². The summed E-state index contributed by atoms with van der Waals surface area (Å²) in [7, 11) is 0. The van der Waals surface area contributed by atoms with Crippen LogP contribution in [0.1, 0.15) is 21.5 Å². The molecule has 0 aliphatic heterocycles. The number of aryl methyl sites for hydroxylation is 1. The first-order chi connectivity index (χ1) is 14.1. The van der Waals surface area contributed by atoms with Gasteiger partial charge in [-0.05, 0) is 71.3 Å². The van der Waals surface area contributed by atoms with E-state index in [0.29, 0.717) is 18.1 Å². The molecule has 0 aliphatic rings. The van der Waals surface area contributed by atoms with Crippen molar-refractivity contribution in [3.8, 4) is 17.2 Å². The van der Waals surface area contributed by atoms with Gasteiger partial charge in [0.1, 0.15) is 23.9 Å². The lowest BCUT2D eigenvalue weighted by Gasteiger charge is -2.11. The number of hydrogen-bond acceptors (Lipinski definition) is 3. The highest BCUT2D eigenvalue weighted by atomic mass is 16.5. The van der Waals surface area contributed by atoms with Crippen LogP contribution in [-0.4, -0.2) is 11.1 Å². The lowest BCUT2D eigenvalue weighted by molar-refractivity contribution is 0.0696. The highest BCUT2D eigenvalue weighted by Crippen LogP contribution is 2.30. The minimum absolute atomic E-state index is 0.247. The van der Waals surface area contributed by atoms with Crippen LogP contribution in [0.5, 0.6) is 17.2 Å².